The Morgan fingerprint density at radius 2 is 1.82 bits per heavy atom. The summed E-state index contributed by atoms with van der Waals surface area (Å²) in [6.07, 6.45) is 3.65. The van der Waals surface area contributed by atoms with Crippen LogP contribution in [0.4, 0.5) is 5.13 Å². The van der Waals surface area contributed by atoms with E-state index in [1.54, 1.807) is 0 Å². The Kier molecular flexibility index (Phi) is 9.69. The van der Waals surface area contributed by atoms with E-state index in [0.29, 0.717) is 13.0 Å². The van der Waals surface area contributed by atoms with Gasteiger partial charge in [-0.15, -0.1) is 24.0 Å². The van der Waals surface area contributed by atoms with E-state index in [4.69, 9.17) is 4.99 Å². The maximum atomic E-state index is 12.2. The molecule has 0 saturated carbocycles. The van der Waals surface area contributed by atoms with Crippen molar-refractivity contribution in [1.29, 1.82) is 0 Å². The lowest BCUT2D eigenvalue weighted by atomic mass is 10.3. The fraction of sp³-hybridized carbons (Fsp3) is 0.778. The molecule has 0 spiro atoms. The Hall–Kier alpha value is -1.17. The number of anilines is 1. The van der Waals surface area contributed by atoms with E-state index in [-0.39, 0.29) is 29.9 Å². The molecule has 3 heterocycles. The number of guanidine groups is 1. The molecule has 0 radical (unpaired) electrons. The third kappa shape index (κ3) is 6.16. The molecule has 158 valence electrons. The second-order valence-corrected chi connectivity index (χ2v) is 7.62. The highest BCUT2D eigenvalue weighted by Gasteiger charge is 2.22. The summed E-state index contributed by atoms with van der Waals surface area (Å²) in [6, 6.07) is 0. The third-order valence-corrected chi connectivity index (χ3v) is 5.82. The van der Waals surface area contributed by atoms with E-state index in [1.165, 1.54) is 11.5 Å². The van der Waals surface area contributed by atoms with Crippen molar-refractivity contribution in [1.82, 2.24) is 24.5 Å². The Balaban J connectivity index is 0.00000280. The van der Waals surface area contributed by atoms with Crippen molar-refractivity contribution in [2.75, 3.05) is 57.3 Å². The number of carbonyl (C=O) groups is 1. The molecule has 0 aromatic carbocycles. The van der Waals surface area contributed by atoms with Gasteiger partial charge < -0.3 is 20.0 Å². The SMILES string of the molecule is CCNC(=NCCC(=O)N1CCCC1)N1CCN(c2nc(CC)ns2)CC1.I. The van der Waals surface area contributed by atoms with Gasteiger partial charge >= 0.3 is 0 Å². The molecule has 1 aromatic rings. The van der Waals surface area contributed by atoms with Crippen LogP contribution in [-0.2, 0) is 11.2 Å². The standard InChI is InChI=1S/C18H31N7OS.HI/c1-3-15-21-18(27-22-15)25-13-11-24(12-14-25)17(19-4-2)20-8-7-16(26)23-9-5-6-10-23;/h3-14H2,1-2H3,(H,19,20);1H. The molecule has 0 bridgehead atoms. The lowest BCUT2D eigenvalue weighted by Crippen LogP contribution is -2.52. The zero-order chi connectivity index (χ0) is 19.1. The number of amides is 1. The minimum atomic E-state index is 0. The molecule has 1 amide bonds. The van der Waals surface area contributed by atoms with Gasteiger partial charge in [-0.25, -0.2) is 4.98 Å². The molecule has 1 N–H and O–H groups in total. The van der Waals surface area contributed by atoms with E-state index in [0.717, 1.165) is 82.0 Å². The number of hydrogen-bond donors (Lipinski definition) is 1. The summed E-state index contributed by atoms with van der Waals surface area (Å²) in [6.45, 7) is 11.0. The van der Waals surface area contributed by atoms with Crippen molar-refractivity contribution < 1.29 is 4.79 Å². The van der Waals surface area contributed by atoms with Gasteiger partial charge in [0.2, 0.25) is 11.0 Å². The summed E-state index contributed by atoms with van der Waals surface area (Å²) in [5.74, 6) is 2.08. The summed E-state index contributed by atoms with van der Waals surface area (Å²) in [4.78, 5) is 28.0. The monoisotopic (exact) mass is 521 g/mol. The van der Waals surface area contributed by atoms with E-state index >= 15 is 0 Å². The Morgan fingerprint density at radius 1 is 1.11 bits per heavy atom. The highest BCUT2D eigenvalue weighted by atomic mass is 127. The summed E-state index contributed by atoms with van der Waals surface area (Å²) in [5, 5.41) is 4.39. The highest BCUT2D eigenvalue weighted by molar-refractivity contribution is 14.0. The summed E-state index contributed by atoms with van der Waals surface area (Å²) in [5.41, 5.74) is 0. The number of aryl methyl sites for hydroxylation is 1. The number of nitrogens with one attached hydrogen (secondary N) is 1. The van der Waals surface area contributed by atoms with Crippen LogP contribution >= 0.6 is 35.5 Å². The van der Waals surface area contributed by atoms with Crippen LogP contribution in [0.2, 0.25) is 0 Å². The predicted octanol–water partition coefficient (Wildman–Crippen LogP) is 1.82. The number of likely N-dealkylation sites (tertiary alicyclic amines) is 1. The Bertz CT molecular complexity index is 640. The van der Waals surface area contributed by atoms with Crippen LogP contribution in [0.5, 0.6) is 0 Å². The van der Waals surface area contributed by atoms with E-state index in [9.17, 15) is 4.79 Å². The molecule has 0 aliphatic carbocycles. The topological polar surface area (TPSA) is 77.0 Å². The quantitative estimate of drug-likeness (QED) is 0.350. The molecule has 0 atom stereocenters. The van der Waals surface area contributed by atoms with Crippen molar-refractivity contribution in [2.24, 2.45) is 4.99 Å². The van der Waals surface area contributed by atoms with E-state index < -0.39 is 0 Å². The molecule has 10 heteroatoms. The molecule has 2 aliphatic rings. The number of piperazine rings is 1. The van der Waals surface area contributed by atoms with Crippen LogP contribution in [0.3, 0.4) is 0 Å². The second kappa shape index (κ2) is 11.7. The lowest BCUT2D eigenvalue weighted by Gasteiger charge is -2.36. The first-order chi connectivity index (χ1) is 13.2. The molecule has 0 unspecified atom stereocenters. The first kappa shape index (κ1) is 23.1. The van der Waals surface area contributed by atoms with Gasteiger partial charge in [-0.2, -0.15) is 4.37 Å². The molecule has 2 fully saturated rings. The van der Waals surface area contributed by atoms with Crippen molar-refractivity contribution in [3.63, 3.8) is 0 Å². The van der Waals surface area contributed by atoms with Gasteiger partial charge in [-0.05, 0) is 19.8 Å². The average Bonchev–Trinajstić information content (AvgIpc) is 3.39. The number of carbonyl (C=O) groups excluding carboxylic acids is 1. The molecule has 1 aromatic heterocycles. The average molecular weight is 521 g/mol. The van der Waals surface area contributed by atoms with Crippen molar-refractivity contribution in [3.8, 4) is 0 Å². The van der Waals surface area contributed by atoms with Crippen molar-refractivity contribution in [3.05, 3.63) is 5.82 Å². The zero-order valence-corrected chi connectivity index (χ0v) is 20.0. The van der Waals surface area contributed by atoms with Crippen LogP contribution in [-0.4, -0.2) is 83.4 Å². The molecule has 2 saturated heterocycles. The molecular weight excluding hydrogens is 489 g/mol. The fourth-order valence-corrected chi connectivity index (χ4v) is 4.24. The van der Waals surface area contributed by atoms with Gasteiger partial charge in [0.15, 0.2) is 5.96 Å². The van der Waals surface area contributed by atoms with Crippen LogP contribution in [0, 0.1) is 0 Å². The van der Waals surface area contributed by atoms with Crippen LogP contribution in [0.25, 0.3) is 0 Å². The Labute approximate surface area is 189 Å². The summed E-state index contributed by atoms with van der Waals surface area (Å²) in [7, 11) is 0. The smallest absolute Gasteiger partial charge is 0.224 e. The molecule has 8 nitrogen and oxygen atoms in total. The third-order valence-electron chi connectivity index (χ3n) is 5.00. The Morgan fingerprint density at radius 3 is 2.43 bits per heavy atom. The highest BCUT2D eigenvalue weighted by Crippen LogP contribution is 2.19. The maximum Gasteiger partial charge on any atom is 0.224 e. The van der Waals surface area contributed by atoms with Crippen LogP contribution in [0.1, 0.15) is 38.9 Å². The predicted molar refractivity (Wildman–Crippen MR) is 125 cm³/mol. The van der Waals surface area contributed by atoms with Gasteiger partial charge in [0, 0.05) is 70.2 Å². The zero-order valence-electron chi connectivity index (χ0n) is 16.9. The number of hydrogen-bond acceptors (Lipinski definition) is 6. The number of halogens is 1. The largest absolute Gasteiger partial charge is 0.357 e. The lowest BCUT2D eigenvalue weighted by molar-refractivity contribution is -0.129. The maximum absolute atomic E-state index is 12.2. The van der Waals surface area contributed by atoms with Crippen molar-refractivity contribution >= 4 is 52.5 Å². The van der Waals surface area contributed by atoms with E-state index in [2.05, 4.69) is 38.3 Å². The van der Waals surface area contributed by atoms with Gasteiger partial charge in [0.1, 0.15) is 5.82 Å². The second-order valence-electron chi connectivity index (χ2n) is 6.89. The van der Waals surface area contributed by atoms with Crippen LogP contribution < -0.4 is 10.2 Å². The van der Waals surface area contributed by atoms with Gasteiger partial charge in [0.05, 0.1) is 6.54 Å². The molecular formula is C18H32IN7OS. The number of aliphatic imine (C=N–C) groups is 1. The normalized spacial score (nSPS) is 17.6. The minimum Gasteiger partial charge on any atom is -0.357 e. The van der Waals surface area contributed by atoms with Crippen LogP contribution in [0.15, 0.2) is 4.99 Å². The van der Waals surface area contributed by atoms with Gasteiger partial charge in [-0.3, -0.25) is 9.79 Å². The number of aromatic nitrogens is 2. The molecule has 2 aliphatic heterocycles. The van der Waals surface area contributed by atoms with Gasteiger partial charge in [0.25, 0.3) is 0 Å². The molecule has 3 rings (SSSR count). The van der Waals surface area contributed by atoms with Crippen molar-refractivity contribution in [2.45, 2.75) is 39.5 Å². The number of nitrogens with zero attached hydrogens (tertiary/aromatic N) is 6. The van der Waals surface area contributed by atoms with E-state index in [1.807, 2.05) is 4.90 Å². The number of rotatable bonds is 6. The fourth-order valence-electron chi connectivity index (χ4n) is 3.43. The molecule has 28 heavy (non-hydrogen) atoms. The summed E-state index contributed by atoms with van der Waals surface area (Å²) >= 11 is 1.49. The van der Waals surface area contributed by atoms with Gasteiger partial charge in [-0.1, -0.05) is 6.92 Å². The summed E-state index contributed by atoms with van der Waals surface area (Å²) < 4.78 is 4.39. The first-order valence-corrected chi connectivity index (χ1v) is 10.9. The first-order valence-electron chi connectivity index (χ1n) is 10.1. The minimum absolute atomic E-state index is 0.